The molecule has 8 aromatic rings. The van der Waals surface area contributed by atoms with Gasteiger partial charge in [-0.25, -0.2) is 15.0 Å². The zero-order chi connectivity index (χ0) is 27.2. The van der Waals surface area contributed by atoms with E-state index in [0.717, 1.165) is 49.8 Å². The summed E-state index contributed by atoms with van der Waals surface area (Å²) in [5, 5.41) is 4.62. The summed E-state index contributed by atoms with van der Waals surface area (Å²) in [5.41, 5.74) is 6.86. The van der Waals surface area contributed by atoms with Gasteiger partial charge in [-0.05, 0) is 40.1 Å². The Bertz CT molecular complexity index is 2130. The molecule has 0 N–H and O–H groups in total. The van der Waals surface area contributed by atoms with Gasteiger partial charge < -0.3 is 4.42 Å². The summed E-state index contributed by atoms with van der Waals surface area (Å²) >= 11 is 0. The molecular weight excluding hydrogens is 502 g/mol. The van der Waals surface area contributed by atoms with Crippen molar-refractivity contribution in [3.8, 4) is 45.3 Å². The lowest BCUT2D eigenvalue weighted by atomic mass is 9.97. The fourth-order valence-electron chi connectivity index (χ4n) is 5.49. The van der Waals surface area contributed by atoms with Crippen LogP contribution < -0.4 is 0 Å². The number of fused-ring (bicyclic) bond motifs is 4. The van der Waals surface area contributed by atoms with E-state index >= 15 is 0 Å². The molecule has 6 aromatic carbocycles. The molecule has 41 heavy (non-hydrogen) atoms. The Hall–Kier alpha value is -5.61. The van der Waals surface area contributed by atoms with E-state index in [1.54, 1.807) is 0 Å². The number of hydrogen-bond acceptors (Lipinski definition) is 4. The van der Waals surface area contributed by atoms with Gasteiger partial charge in [-0.3, -0.25) is 0 Å². The summed E-state index contributed by atoms with van der Waals surface area (Å²) in [5.74, 6) is 1.95. The van der Waals surface area contributed by atoms with Crippen LogP contribution in [0.15, 0.2) is 144 Å². The zero-order valence-electron chi connectivity index (χ0n) is 22.0. The highest BCUT2D eigenvalue weighted by Crippen LogP contribution is 2.38. The number of rotatable bonds is 4. The van der Waals surface area contributed by atoms with Crippen LogP contribution in [-0.4, -0.2) is 15.0 Å². The molecule has 0 bridgehead atoms. The van der Waals surface area contributed by atoms with Crippen LogP contribution in [-0.2, 0) is 0 Å². The Kier molecular flexibility index (Phi) is 5.42. The molecule has 0 saturated heterocycles. The fourth-order valence-corrected chi connectivity index (χ4v) is 5.49. The summed E-state index contributed by atoms with van der Waals surface area (Å²) in [6.45, 7) is 0. The fraction of sp³-hybridized carbons (Fsp3) is 0. The lowest BCUT2D eigenvalue weighted by Crippen LogP contribution is -2.00. The minimum absolute atomic E-state index is 0.641. The van der Waals surface area contributed by atoms with Gasteiger partial charge in [-0.15, -0.1) is 0 Å². The predicted octanol–water partition coefficient (Wildman–Crippen LogP) is 9.59. The minimum atomic E-state index is 0.641. The van der Waals surface area contributed by atoms with Gasteiger partial charge in [0.2, 0.25) is 0 Å². The summed E-state index contributed by atoms with van der Waals surface area (Å²) in [7, 11) is 0. The molecule has 0 aliphatic carbocycles. The molecule has 0 amide bonds. The van der Waals surface area contributed by atoms with Gasteiger partial charge in [0.05, 0.1) is 0 Å². The van der Waals surface area contributed by atoms with Crippen molar-refractivity contribution in [1.82, 2.24) is 15.0 Å². The normalized spacial score (nSPS) is 11.4. The standard InChI is InChI=1S/C37H23N3O/c1-3-10-25(11-4-1)35-38-36(26-12-5-2-6-13-26)40-37(39-35)27-20-18-24(19-21-27)30-16-9-17-32-34(30)31-22-28-14-7-8-15-29(28)23-33(31)41-32/h1-23H. The smallest absolute Gasteiger partial charge is 0.164 e. The molecule has 192 valence electrons. The van der Waals surface area contributed by atoms with Crippen LogP contribution in [0.3, 0.4) is 0 Å². The number of aromatic nitrogens is 3. The van der Waals surface area contributed by atoms with Crippen molar-refractivity contribution in [1.29, 1.82) is 0 Å². The maximum absolute atomic E-state index is 6.30. The van der Waals surface area contributed by atoms with Crippen LogP contribution in [0.1, 0.15) is 0 Å². The number of furan rings is 1. The van der Waals surface area contributed by atoms with Crippen molar-refractivity contribution < 1.29 is 4.42 Å². The van der Waals surface area contributed by atoms with E-state index in [2.05, 4.69) is 72.8 Å². The molecule has 4 heteroatoms. The molecule has 0 radical (unpaired) electrons. The topological polar surface area (TPSA) is 51.8 Å². The first-order valence-electron chi connectivity index (χ1n) is 13.6. The van der Waals surface area contributed by atoms with E-state index in [4.69, 9.17) is 19.4 Å². The van der Waals surface area contributed by atoms with Crippen molar-refractivity contribution >= 4 is 32.7 Å². The van der Waals surface area contributed by atoms with Gasteiger partial charge in [0.15, 0.2) is 17.5 Å². The van der Waals surface area contributed by atoms with Crippen molar-refractivity contribution in [2.24, 2.45) is 0 Å². The van der Waals surface area contributed by atoms with Crippen LogP contribution in [0.25, 0.3) is 78.0 Å². The molecule has 0 saturated carbocycles. The number of hydrogen-bond donors (Lipinski definition) is 0. The Labute approximate surface area is 236 Å². The highest BCUT2D eigenvalue weighted by molar-refractivity contribution is 6.15. The highest BCUT2D eigenvalue weighted by atomic mass is 16.3. The van der Waals surface area contributed by atoms with Crippen molar-refractivity contribution in [2.45, 2.75) is 0 Å². The van der Waals surface area contributed by atoms with Gasteiger partial charge in [-0.1, -0.05) is 121 Å². The highest BCUT2D eigenvalue weighted by Gasteiger charge is 2.15. The molecule has 0 fully saturated rings. The molecule has 0 aliphatic heterocycles. The third kappa shape index (κ3) is 4.14. The second-order valence-corrected chi connectivity index (χ2v) is 10.1. The summed E-state index contributed by atoms with van der Waals surface area (Å²) in [6.07, 6.45) is 0. The van der Waals surface area contributed by atoms with Crippen LogP contribution >= 0.6 is 0 Å². The van der Waals surface area contributed by atoms with Crippen molar-refractivity contribution in [3.05, 3.63) is 140 Å². The maximum Gasteiger partial charge on any atom is 0.164 e. The zero-order valence-corrected chi connectivity index (χ0v) is 22.0. The maximum atomic E-state index is 6.30. The molecule has 2 heterocycles. The molecule has 4 nitrogen and oxygen atoms in total. The summed E-state index contributed by atoms with van der Waals surface area (Å²) in [4.78, 5) is 14.6. The van der Waals surface area contributed by atoms with Gasteiger partial charge >= 0.3 is 0 Å². The molecule has 0 atom stereocenters. The van der Waals surface area contributed by atoms with Gasteiger partial charge in [0.25, 0.3) is 0 Å². The third-order valence-corrected chi connectivity index (χ3v) is 7.52. The average molecular weight is 526 g/mol. The van der Waals surface area contributed by atoms with Gasteiger partial charge in [0, 0.05) is 27.5 Å². The second kappa shape index (κ2) is 9.54. The predicted molar refractivity (Wildman–Crippen MR) is 166 cm³/mol. The lowest BCUT2D eigenvalue weighted by Gasteiger charge is -2.09. The lowest BCUT2D eigenvalue weighted by molar-refractivity contribution is 0.669. The van der Waals surface area contributed by atoms with E-state index in [1.807, 2.05) is 66.7 Å². The largest absolute Gasteiger partial charge is 0.456 e. The number of benzene rings is 6. The molecular formula is C37H23N3O. The van der Waals surface area contributed by atoms with E-state index < -0.39 is 0 Å². The van der Waals surface area contributed by atoms with Crippen LogP contribution in [0.5, 0.6) is 0 Å². The Morgan fingerprint density at radius 2 is 0.902 bits per heavy atom. The average Bonchev–Trinajstić information content (AvgIpc) is 3.42. The van der Waals surface area contributed by atoms with E-state index in [1.165, 1.54) is 10.8 Å². The summed E-state index contributed by atoms with van der Waals surface area (Å²) < 4.78 is 6.30. The molecule has 0 unspecified atom stereocenters. The molecule has 0 spiro atoms. The molecule has 8 rings (SSSR count). The molecule has 2 aromatic heterocycles. The van der Waals surface area contributed by atoms with E-state index in [0.29, 0.717) is 17.5 Å². The van der Waals surface area contributed by atoms with Crippen LogP contribution in [0, 0.1) is 0 Å². The monoisotopic (exact) mass is 525 g/mol. The first kappa shape index (κ1) is 23.3. The molecule has 0 aliphatic rings. The third-order valence-electron chi connectivity index (χ3n) is 7.52. The first-order chi connectivity index (χ1) is 20.3. The Balaban J connectivity index is 1.25. The quantitative estimate of drug-likeness (QED) is 0.230. The Morgan fingerprint density at radius 1 is 0.390 bits per heavy atom. The SMILES string of the molecule is c1ccc(-c2nc(-c3ccccc3)nc(-c3ccc(-c4cccc5oc6cc7ccccc7cc6c45)cc3)n2)cc1. The van der Waals surface area contributed by atoms with Crippen molar-refractivity contribution in [2.75, 3.05) is 0 Å². The summed E-state index contributed by atoms with van der Waals surface area (Å²) in [6, 6.07) is 47.5. The number of nitrogens with zero attached hydrogens (tertiary/aromatic N) is 3. The van der Waals surface area contributed by atoms with Gasteiger partial charge in [0.1, 0.15) is 11.2 Å². The van der Waals surface area contributed by atoms with Crippen LogP contribution in [0.4, 0.5) is 0 Å². The van der Waals surface area contributed by atoms with E-state index in [-0.39, 0.29) is 0 Å². The minimum Gasteiger partial charge on any atom is -0.456 e. The first-order valence-corrected chi connectivity index (χ1v) is 13.6. The Morgan fingerprint density at radius 3 is 1.51 bits per heavy atom. The van der Waals surface area contributed by atoms with Crippen molar-refractivity contribution in [3.63, 3.8) is 0 Å². The van der Waals surface area contributed by atoms with E-state index in [9.17, 15) is 0 Å². The van der Waals surface area contributed by atoms with Gasteiger partial charge in [-0.2, -0.15) is 0 Å². The second-order valence-electron chi connectivity index (χ2n) is 10.1. The van der Waals surface area contributed by atoms with Crippen LogP contribution in [0.2, 0.25) is 0 Å².